The van der Waals surface area contributed by atoms with Gasteiger partial charge >= 0.3 is 0 Å². The molecule has 0 amide bonds. The van der Waals surface area contributed by atoms with Crippen molar-refractivity contribution in [2.75, 3.05) is 0 Å². The Bertz CT molecular complexity index is 808. The molecule has 1 atom stereocenters. The number of rotatable bonds is 5. The fraction of sp³-hybridized carbons (Fsp3) is 0.353. The maximum absolute atomic E-state index is 13.7. The van der Waals surface area contributed by atoms with E-state index in [9.17, 15) is 19.6 Å². The zero-order chi connectivity index (χ0) is 17.0. The summed E-state index contributed by atoms with van der Waals surface area (Å²) in [7, 11) is 0. The van der Waals surface area contributed by atoms with Crippen LogP contribution in [0, 0.1) is 17.1 Å². The Labute approximate surface area is 133 Å². The summed E-state index contributed by atoms with van der Waals surface area (Å²) >= 11 is 0. The first kappa shape index (κ1) is 16.8. The Morgan fingerprint density at radius 3 is 2.61 bits per heavy atom. The van der Waals surface area contributed by atoms with Crippen molar-refractivity contribution in [3.05, 3.63) is 62.8 Å². The second kappa shape index (κ2) is 7.16. The summed E-state index contributed by atoms with van der Waals surface area (Å²) in [6, 6.07) is 7.75. The minimum atomic E-state index is -1.22. The second-order valence-corrected chi connectivity index (χ2v) is 5.14. The summed E-state index contributed by atoms with van der Waals surface area (Å²) in [6.07, 6.45) is -0.121. The lowest BCUT2D eigenvalue weighted by Gasteiger charge is -2.15. The molecule has 0 aliphatic carbocycles. The third-order valence-corrected chi connectivity index (χ3v) is 3.75. The summed E-state index contributed by atoms with van der Waals surface area (Å²) in [6.45, 7) is 3.53. The van der Waals surface area contributed by atoms with E-state index in [1.165, 1.54) is 18.2 Å². The van der Waals surface area contributed by atoms with Crippen LogP contribution in [0.4, 0.5) is 4.39 Å². The van der Waals surface area contributed by atoms with Gasteiger partial charge in [0.15, 0.2) is 0 Å². The van der Waals surface area contributed by atoms with E-state index in [0.29, 0.717) is 24.1 Å². The van der Waals surface area contributed by atoms with Crippen LogP contribution in [0.3, 0.4) is 0 Å². The molecule has 1 aromatic carbocycles. The summed E-state index contributed by atoms with van der Waals surface area (Å²) in [5.41, 5.74) is 0.857. The molecule has 1 heterocycles. The molecule has 0 saturated carbocycles. The van der Waals surface area contributed by atoms with E-state index >= 15 is 0 Å². The van der Waals surface area contributed by atoms with Gasteiger partial charge in [0.2, 0.25) is 0 Å². The SMILES string of the molecule is CCc1nn(CC(O)c2ccccc2F)c(=O)c(C#N)c1CC. The number of aliphatic hydroxyl groups excluding tert-OH is 1. The monoisotopic (exact) mass is 315 g/mol. The van der Waals surface area contributed by atoms with Gasteiger partial charge in [0, 0.05) is 5.56 Å². The Balaban J connectivity index is 2.47. The highest BCUT2D eigenvalue weighted by Gasteiger charge is 2.19. The van der Waals surface area contributed by atoms with Crippen molar-refractivity contribution in [3.8, 4) is 6.07 Å². The van der Waals surface area contributed by atoms with Crippen LogP contribution in [0.25, 0.3) is 0 Å². The number of nitriles is 1. The second-order valence-electron chi connectivity index (χ2n) is 5.14. The molecular formula is C17H18FN3O2. The molecule has 0 saturated heterocycles. The zero-order valence-electron chi connectivity index (χ0n) is 13.1. The Morgan fingerprint density at radius 1 is 1.35 bits per heavy atom. The number of aliphatic hydroxyl groups is 1. The summed E-state index contributed by atoms with van der Waals surface area (Å²) < 4.78 is 14.8. The van der Waals surface area contributed by atoms with Crippen LogP contribution in [-0.2, 0) is 19.4 Å². The first-order chi connectivity index (χ1) is 11.0. The molecule has 0 aliphatic rings. The molecule has 1 aromatic heterocycles. The highest BCUT2D eigenvalue weighted by atomic mass is 19.1. The molecule has 1 N–H and O–H groups in total. The van der Waals surface area contributed by atoms with Crippen molar-refractivity contribution in [1.29, 1.82) is 5.26 Å². The standard InChI is InChI=1S/C17H18FN3O2/c1-3-11-13(9-19)17(23)21(20-15(11)4-2)10-16(22)12-7-5-6-8-14(12)18/h5-8,16,22H,3-4,10H2,1-2H3. The molecule has 0 bridgehead atoms. The largest absolute Gasteiger partial charge is 0.386 e. The highest BCUT2D eigenvalue weighted by molar-refractivity contribution is 5.38. The predicted molar refractivity (Wildman–Crippen MR) is 83.3 cm³/mol. The van der Waals surface area contributed by atoms with Gasteiger partial charge in [0.05, 0.1) is 12.2 Å². The van der Waals surface area contributed by atoms with Crippen molar-refractivity contribution < 1.29 is 9.50 Å². The van der Waals surface area contributed by atoms with Gasteiger partial charge in [0.25, 0.3) is 5.56 Å². The van der Waals surface area contributed by atoms with Gasteiger partial charge < -0.3 is 5.11 Å². The number of nitrogens with zero attached hydrogens (tertiary/aromatic N) is 3. The van der Waals surface area contributed by atoms with Crippen LogP contribution >= 0.6 is 0 Å². The lowest BCUT2D eigenvalue weighted by molar-refractivity contribution is 0.144. The molecule has 2 rings (SSSR count). The molecule has 6 heteroatoms. The number of hydrogen-bond donors (Lipinski definition) is 1. The fourth-order valence-electron chi connectivity index (χ4n) is 2.57. The molecule has 23 heavy (non-hydrogen) atoms. The molecule has 1 unspecified atom stereocenters. The highest BCUT2D eigenvalue weighted by Crippen LogP contribution is 2.18. The molecule has 120 valence electrons. The van der Waals surface area contributed by atoms with Crippen LogP contribution in [0.2, 0.25) is 0 Å². The van der Waals surface area contributed by atoms with Crippen LogP contribution in [0.15, 0.2) is 29.1 Å². The molecule has 0 aliphatic heterocycles. The zero-order valence-corrected chi connectivity index (χ0v) is 13.1. The van der Waals surface area contributed by atoms with Gasteiger partial charge in [0.1, 0.15) is 23.6 Å². The van der Waals surface area contributed by atoms with E-state index < -0.39 is 17.5 Å². The predicted octanol–water partition coefficient (Wildman–Crippen LogP) is 2.11. The van der Waals surface area contributed by atoms with Crippen LogP contribution < -0.4 is 5.56 Å². The van der Waals surface area contributed by atoms with Gasteiger partial charge in [-0.1, -0.05) is 32.0 Å². The third-order valence-electron chi connectivity index (χ3n) is 3.75. The fourth-order valence-corrected chi connectivity index (χ4v) is 2.57. The van der Waals surface area contributed by atoms with Crippen LogP contribution in [0.1, 0.15) is 42.3 Å². The van der Waals surface area contributed by atoms with E-state index in [-0.39, 0.29) is 17.7 Å². The molecule has 5 nitrogen and oxygen atoms in total. The maximum Gasteiger partial charge on any atom is 0.285 e. The average Bonchev–Trinajstić information content (AvgIpc) is 2.56. The number of benzene rings is 1. The summed E-state index contributed by atoms with van der Waals surface area (Å²) in [5.74, 6) is -0.547. The van der Waals surface area contributed by atoms with E-state index in [2.05, 4.69) is 5.10 Å². The Kier molecular flexibility index (Phi) is 5.24. The van der Waals surface area contributed by atoms with E-state index in [1.54, 1.807) is 6.07 Å². The number of hydrogen-bond acceptors (Lipinski definition) is 4. The van der Waals surface area contributed by atoms with E-state index in [0.717, 1.165) is 4.68 Å². The molecule has 0 spiro atoms. The van der Waals surface area contributed by atoms with Crippen LogP contribution in [0.5, 0.6) is 0 Å². The minimum absolute atomic E-state index is 0.0417. The molecule has 0 radical (unpaired) electrons. The number of aromatic nitrogens is 2. The van der Waals surface area contributed by atoms with Crippen molar-refractivity contribution in [2.45, 2.75) is 39.3 Å². The quantitative estimate of drug-likeness (QED) is 0.916. The summed E-state index contributed by atoms with van der Waals surface area (Å²) in [5, 5.41) is 23.7. The minimum Gasteiger partial charge on any atom is -0.386 e. The normalized spacial score (nSPS) is 12.0. The van der Waals surface area contributed by atoms with Crippen molar-refractivity contribution >= 4 is 0 Å². The smallest absolute Gasteiger partial charge is 0.285 e. The van der Waals surface area contributed by atoms with Gasteiger partial charge in [-0.15, -0.1) is 0 Å². The molecular weight excluding hydrogens is 297 g/mol. The van der Waals surface area contributed by atoms with E-state index in [1.807, 2.05) is 19.9 Å². The lowest BCUT2D eigenvalue weighted by Crippen LogP contribution is -2.31. The number of halogens is 1. The van der Waals surface area contributed by atoms with Gasteiger partial charge in [-0.2, -0.15) is 10.4 Å². The summed E-state index contributed by atoms with van der Waals surface area (Å²) in [4.78, 5) is 12.4. The van der Waals surface area contributed by atoms with Gasteiger partial charge in [-0.05, 0) is 24.5 Å². The van der Waals surface area contributed by atoms with Crippen molar-refractivity contribution in [3.63, 3.8) is 0 Å². The van der Waals surface area contributed by atoms with Crippen LogP contribution in [-0.4, -0.2) is 14.9 Å². The Morgan fingerprint density at radius 2 is 2.04 bits per heavy atom. The maximum atomic E-state index is 13.7. The first-order valence-corrected chi connectivity index (χ1v) is 7.48. The van der Waals surface area contributed by atoms with E-state index in [4.69, 9.17) is 0 Å². The molecule has 0 fully saturated rings. The van der Waals surface area contributed by atoms with Crippen molar-refractivity contribution in [2.24, 2.45) is 0 Å². The number of aryl methyl sites for hydroxylation is 1. The third kappa shape index (κ3) is 3.30. The topological polar surface area (TPSA) is 78.9 Å². The average molecular weight is 315 g/mol. The van der Waals surface area contributed by atoms with Crippen molar-refractivity contribution in [1.82, 2.24) is 9.78 Å². The van der Waals surface area contributed by atoms with Gasteiger partial charge in [-0.3, -0.25) is 4.79 Å². The Hall–Kier alpha value is -2.52. The first-order valence-electron chi connectivity index (χ1n) is 7.48. The molecule has 2 aromatic rings. The van der Waals surface area contributed by atoms with Gasteiger partial charge in [-0.25, -0.2) is 9.07 Å². The lowest BCUT2D eigenvalue weighted by atomic mass is 10.0.